The van der Waals surface area contributed by atoms with Crippen molar-refractivity contribution in [1.29, 1.82) is 0 Å². The molecule has 0 aromatic carbocycles. The molecule has 1 heterocycles. The monoisotopic (exact) mass is 247 g/mol. The first-order valence-electron chi connectivity index (χ1n) is 5.42. The van der Waals surface area contributed by atoms with Crippen LogP contribution in [0.15, 0.2) is 23.2 Å². The zero-order valence-electron chi connectivity index (χ0n) is 10.3. The average Bonchev–Trinajstić information content (AvgIpc) is 2.61. The first-order chi connectivity index (χ1) is 7.81. The molecule has 0 saturated carbocycles. The second-order valence-corrected chi connectivity index (χ2v) is 4.80. The normalized spacial score (nSPS) is 21.6. The highest BCUT2D eigenvalue weighted by Gasteiger charge is 2.22. The highest BCUT2D eigenvalue weighted by atomic mass is 19.2. The van der Waals surface area contributed by atoms with Crippen molar-refractivity contribution in [2.45, 2.75) is 26.4 Å². The summed E-state index contributed by atoms with van der Waals surface area (Å²) in [7, 11) is 0. The zero-order valence-corrected chi connectivity index (χ0v) is 10.3. The second-order valence-electron chi connectivity index (χ2n) is 4.80. The largest absolute Gasteiger partial charge is 0.389 e. The maximum Gasteiger partial charge on any atom is 0.141 e. The number of halogens is 2. The van der Waals surface area contributed by atoms with Gasteiger partial charge in [0.15, 0.2) is 0 Å². The highest BCUT2D eigenvalue weighted by Crippen LogP contribution is 2.12. The van der Waals surface area contributed by atoms with Crippen molar-refractivity contribution in [3.05, 3.63) is 23.2 Å². The van der Waals surface area contributed by atoms with Crippen LogP contribution in [-0.2, 0) is 0 Å². The summed E-state index contributed by atoms with van der Waals surface area (Å²) in [6, 6.07) is 0. The summed E-state index contributed by atoms with van der Waals surface area (Å²) in [5.74, 6) is -0.764. The third-order valence-corrected chi connectivity index (χ3v) is 2.25. The number of aliphatic hydroxyl groups is 1. The molecular weight excluding hydrogens is 228 g/mol. The highest BCUT2D eigenvalue weighted by molar-refractivity contribution is 5.25. The Morgan fingerprint density at radius 2 is 2.24 bits per heavy atom. The van der Waals surface area contributed by atoms with Crippen LogP contribution in [-0.4, -0.2) is 35.5 Å². The number of allylic oxidation sites excluding steroid dienone is 3. The standard InChI is InChI=1S/C11H19F2N3O/c1-8(10(13)5-12)4-9-6-16(15-14-9)7-11(2,3)17/h4,14-15,17H,5-7H2,1-3H3/b9-4+,10-8+. The van der Waals surface area contributed by atoms with Crippen LogP contribution in [0.2, 0.25) is 0 Å². The predicted molar refractivity (Wildman–Crippen MR) is 62.0 cm³/mol. The van der Waals surface area contributed by atoms with E-state index >= 15 is 0 Å². The van der Waals surface area contributed by atoms with E-state index in [0.29, 0.717) is 13.1 Å². The molecule has 1 aliphatic heterocycles. The number of hydrogen-bond donors (Lipinski definition) is 3. The van der Waals surface area contributed by atoms with Gasteiger partial charge < -0.3 is 10.5 Å². The van der Waals surface area contributed by atoms with Gasteiger partial charge in [-0.05, 0) is 32.4 Å². The Morgan fingerprint density at radius 1 is 1.59 bits per heavy atom. The fourth-order valence-corrected chi connectivity index (χ4v) is 1.52. The predicted octanol–water partition coefficient (Wildman–Crippen LogP) is 1.18. The Morgan fingerprint density at radius 3 is 2.76 bits per heavy atom. The van der Waals surface area contributed by atoms with Gasteiger partial charge in [0, 0.05) is 12.2 Å². The van der Waals surface area contributed by atoms with Gasteiger partial charge >= 0.3 is 0 Å². The smallest absolute Gasteiger partial charge is 0.141 e. The summed E-state index contributed by atoms with van der Waals surface area (Å²) in [5.41, 5.74) is 5.86. The Labute approximate surface area is 99.9 Å². The van der Waals surface area contributed by atoms with Crippen molar-refractivity contribution in [2.24, 2.45) is 0 Å². The quantitative estimate of drug-likeness (QED) is 0.698. The topological polar surface area (TPSA) is 47.5 Å². The van der Waals surface area contributed by atoms with E-state index in [1.165, 1.54) is 6.92 Å². The first-order valence-corrected chi connectivity index (χ1v) is 5.42. The summed E-state index contributed by atoms with van der Waals surface area (Å²) in [5, 5.41) is 11.4. The maximum absolute atomic E-state index is 12.9. The Balaban J connectivity index is 2.59. The molecule has 0 aliphatic carbocycles. The molecule has 3 N–H and O–H groups in total. The van der Waals surface area contributed by atoms with Crippen LogP contribution in [0.25, 0.3) is 0 Å². The molecule has 0 bridgehead atoms. The van der Waals surface area contributed by atoms with E-state index in [2.05, 4.69) is 11.0 Å². The SMILES string of the molecule is CC(/C=C1\CN(CC(C)(C)O)NN1)=C(\F)CF. The van der Waals surface area contributed by atoms with E-state index in [1.807, 2.05) is 0 Å². The zero-order chi connectivity index (χ0) is 13.1. The van der Waals surface area contributed by atoms with Gasteiger partial charge in [-0.3, -0.25) is 0 Å². The van der Waals surface area contributed by atoms with Gasteiger partial charge in [0.05, 0.1) is 12.1 Å². The first kappa shape index (κ1) is 14.1. The lowest BCUT2D eigenvalue weighted by atomic mass is 10.1. The van der Waals surface area contributed by atoms with Crippen LogP contribution in [0.5, 0.6) is 0 Å². The van der Waals surface area contributed by atoms with Gasteiger partial charge in [-0.2, -0.15) is 5.53 Å². The van der Waals surface area contributed by atoms with Crippen LogP contribution in [0, 0.1) is 0 Å². The fraction of sp³-hybridized carbons (Fsp3) is 0.636. The summed E-state index contributed by atoms with van der Waals surface area (Å²) >= 11 is 0. The molecule has 1 rings (SSSR count). The molecule has 0 radical (unpaired) electrons. The Kier molecular flexibility index (Phi) is 4.62. The molecule has 0 amide bonds. The molecule has 1 saturated heterocycles. The van der Waals surface area contributed by atoms with E-state index in [-0.39, 0.29) is 5.57 Å². The lowest BCUT2D eigenvalue weighted by Crippen LogP contribution is -2.44. The molecule has 98 valence electrons. The number of hydrazine groups is 2. The minimum atomic E-state index is -1.09. The van der Waals surface area contributed by atoms with Gasteiger partial charge in [-0.1, -0.05) is 0 Å². The molecule has 1 fully saturated rings. The van der Waals surface area contributed by atoms with Gasteiger partial charge in [-0.25, -0.2) is 13.8 Å². The molecule has 0 unspecified atom stereocenters. The number of nitrogens with one attached hydrogen (secondary N) is 2. The maximum atomic E-state index is 12.9. The molecule has 6 heteroatoms. The summed E-state index contributed by atoms with van der Waals surface area (Å²) in [4.78, 5) is 0. The van der Waals surface area contributed by atoms with Crippen LogP contribution in [0.4, 0.5) is 8.78 Å². The Bertz CT molecular complexity index is 334. The van der Waals surface area contributed by atoms with E-state index in [1.54, 1.807) is 24.9 Å². The third-order valence-electron chi connectivity index (χ3n) is 2.25. The minimum absolute atomic E-state index is 0.266. The second kappa shape index (κ2) is 5.57. The minimum Gasteiger partial charge on any atom is -0.389 e. The number of hydrogen-bond acceptors (Lipinski definition) is 4. The van der Waals surface area contributed by atoms with Gasteiger partial charge in [-0.15, -0.1) is 0 Å². The van der Waals surface area contributed by atoms with Gasteiger partial charge in [0.2, 0.25) is 0 Å². The van der Waals surface area contributed by atoms with Crippen molar-refractivity contribution in [3.8, 4) is 0 Å². The molecule has 1 aliphatic rings. The van der Waals surface area contributed by atoms with Crippen molar-refractivity contribution < 1.29 is 13.9 Å². The third kappa shape index (κ3) is 4.80. The van der Waals surface area contributed by atoms with Crippen LogP contribution in [0.1, 0.15) is 20.8 Å². The number of rotatable bonds is 4. The van der Waals surface area contributed by atoms with Crippen molar-refractivity contribution in [2.75, 3.05) is 19.8 Å². The molecule has 0 atom stereocenters. The number of β-amino-alcohol motifs (C(OH)–C–C–N with tert-alkyl or cyclic N) is 1. The van der Waals surface area contributed by atoms with E-state index in [9.17, 15) is 13.9 Å². The van der Waals surface area contributed by atoms with E-state index in [0.717, 1.165) is 5.70 Å². The summed E-state index contributed by atoms with van der Waals surface area (Å²) < 4.78 is 25.0. The fourth-order valence-electron chi connectivity index (χ4n) is 1.52. The molecule has 0 aromatic heterocycles. The lowest BCUT2D eigenvalue weighted by Gasteiger charge is -2.23. The molecular formula is C11H19F2N3O. The Hall–Kier alpha value is -0.980. The molecule has 4 nitrogen and oxygen atoms in total. The summed E-state index contributed by atoms with van der Waals surface area (Å²) in [6.07, 6.45) is 1.55. The van der Waals surface area contributed by atoms with Crippen LogP contribution < -0.4 is 11.0 Å². The molecule has 0 aromatic rings. The number of alkyl halides is 1. The van der Waals surface area contributed by atoms with Gasteiger partial charge in [0.25, 0.3) is 0 Å². The lowest BCUT2D eigenvalue weighted by molar-refractivity contribution is 0.0269. The van der Waals surface area contributed by atoms with Crippen molar-refractivity contribution in [3.63, 3.8) is 0 Å². The van der Waals surface area contributed by atoms with Crippen molar-refractivity contribution in [1.82, 2.24) is 16.0 Å². The van der Waals surface area contributed by atoms with Crippen LogP contribution >= 0.6 is 0 Å². The van der Waals surface area contributed by atoms with E-state index < -0.39 is 18.1 Å². The molecule has 0 spiro atoms. The van der Waals surface area contributed by atoms with Gasteiger partial charge in [0.1, 0.15) is 12.5 Å². The van der Waals surface area contributed by atoms with Crippen molar-refractivity contribution >= 4 is 0 Å². The van der Waals surface area contributed by atoms with Crippen LogP contribution in [0.3, 0.4) is 0 Å². The van der Waals surface area contributed by atoms with E-state index in [4.69, 9.17) is 0 Å². The number of nitrogens with zero attached hydrogens (tertiary/aromatic N) is 1. The average molecular weight is 247 g/mol. The molecule has 17 heavy (non-hydrogen) atoms. The summed E-state index contributed by atoms with van der Waals surface area (Å²) in [6.45, 7) is 4.75.